The number of nitrogens with one attached hydrogen (secondary N) is 2. The second-order valence-corrected chi connectivity index (χ2v) is 9.77. The first-order valence-corrected chi connectivity index (χ1v) is 10.5. The van der Waals surface area contributed by atoms with Crippen molar-refractivity contribution in [1.82, 2.24) is 14.9 Å². The molecule has 0 radical (unpaired) electrons. The summed E-state index contributed by atoms with van der Waals surface area (Å²) in [5.41, 5.74) is -0.0597. The van der Waals surface area contributed by atoms with Crippen LogP contribution in [0.4, 0.5) is 0 Å². The van der Waals surface area contributed by atoms with E-state index in [1.807, 2.05) is 19.9 Å². The van der Waals surface area contributed by atoms with Crippen LogP contribution in [0.5, 0.6) is 0 Å². The zero-order chi connectivity index (χ0) is 18.4. The van der Waals surface area contributed by atoms with E-state index in [2.05, 4.69) is 36.4 Å². The van der Waals surface area contributed by atoms with Gasteiger partial charge in [0.05, 0.1) is 0 Å². The van der Waals surface area contributed by atoms with Crippen LogP contribution in [0.1, 0.15) is 39.5 Å². The molecule has 138 valence electrons. The van der Waals surface area contributed by atoms with Crippen molar-refractivity contribution in [3.63, 3.8) is 0 Å². The van der Waals surface area contributed by atoms with E-state index < -0.39 is 10.0 Å². The molecule has 24 heavy (non-hydrogen) atoms. The number of nitrogens with zero attached hydrogens (tertiary/aromatic N) is 2. The summed E-state index contributed by atoms with van der Waals surface area (Å²) in [5, 5.41) is 6.54. The van der Waals surface area contributed by atoms with E-state index in [1.165, 1.54) is 15.6 Å². The number of hydrogen-bond acceptors (Lipinski definition) is 4. The number of thiophene rings is 1. The van der Waals surface area contributed by atoms with Crippen molar-refractivity contribution in [3.05, 3.63) is 17.0 Å². The van der Waals surface area contributed by atoms with E-state index in [1.54, 1.807) is 13.1 Å². The summed E-state index contributed by atoms with van der Waals surface area (Å²) in [5.74, 6) is 0.745. The maximum Gasteiger partial charge on any atom is 0.252 e. The number of hydrogen-bond donors (Lipinski definition) is 2. The molecule has 1 aromatic rings. The van der Waals surface area contributed by atoms with Gasteiger partial charge in [0.2, 0.25) is 0 Å². The van der Waals surface area contributed by atoms with Crippen molar-refractivity contribution in [2.24, 2.45) is 4.99 Å². The molecule has 0 amide bonds. The molecule has 2 N–H and O–H groups in total. The van der Waals surface area contributed by atoms with Crippen molar-refractivity contribution in [1.29, 1.82) is 0 Å². The predicted octanol–water partition coefficient (Wildman–Crippen LogP) is 2.28. The van der Waals surface area contributed by atoms with Crippen LogP contribution in [0.2, 0.25) is 0 Å². The number of guanidine groups is 1. The molecule has 0 saturated carbocycles. The van der Waals surface area contributed by atoms with Gasteiger partial charge in [-0.05, 0) is 39.3 Å². The highest BCUT2D eigenvalue weighted by Crippen LogP contribution is 2.25. The van der Waals surface area contributed by atoms with E-state index in [-0.39, 0.29) is 5.54 Å². The van der Waals surface area contributed by atoms with Crippen molar-refractivity contribution >= 4 is 27.3 Å². The van der Waals surface area contributed by atoms with E-state index >= 15 is 0 Å². The van der Waals surface area contributed by atoms with Gasteiger partial charge < -0.3 is 10.6 Å². The van der Waals surface area contributed by atoms with Gasteiger partial charge in [-0.15, -0.1) is 11.3 Å². The van der Waals surface area contributed by atoms with Crippen LogP contribution < -0.4 is 10.6 Å². The molecular weight excluding hydrogens is 344 g/mol. The van der Waals surface area contributed by atoms with Gasteiger partial charge in [-0.3, -0.25) is 4.99 Å². The Bertz CT molecular complexity index is 641. The average Bonchev–Trinajstić information content (AvgIpc) is 2.95. The third-order valence-electron chi connectivity index (χ3n) is 3.32. The summed E-state index contributed by atoms with van der Waals surface area (Å²) in [6.45, 7) is 11.6. The molecule has 0 aliphatic heterocycles. The predicted molar refractivity (Wildman–Crippen MR) is 102 cm³/mol. The van der Waals surface area contributed by atoms with Crippen LogP contribution in [-0.2, 0) is 16.4 Å². The Morgan fingerprint density at radius 2 is 1.88 bits per heavy atom. The fourth-order valence-electron chi connectivity index (χ4n) is 2.16. The summed E-state index contributed by atoms with van der Waals surface area (Å²) in [4.78, 5) is 5.23. The molecule has 0 unspecified atom stereocenters. The first-order valence-electron chi connectivity index (χ1n) is 8.21. The minimum absolute atomic E-state index is 0.0597. The van der Waals surface area contributed by atoms with Crippen LogP contribution in [0, 0.1) is 0 Å². The Morgan fingerprint density at radius 3 is 2.38 bits per heavy atom. The first kappa shape index (κ1) is 20.9. The molecule has 1 aromatic heterocycles. The van der Waals surface area contributed by atoms with E-state index in [0.717, 1.165) is 17.3 Å². The highest BCUT2D eigenvalue weighted by molar-refractivity contribution is 7.91. The molecule has 1 heterocycles. The third-order valence-corrected chi connectivity index (χ3v) is 6.98. The zero-order valence-corrected chi connectivity index (χ0v) is 17.1. The maximum absolute atomic E-state index is 12.5. The number of rotatable bonds is 7. The summed E-state index contributed by atoms with van der Waals surface area (Å²) < 4.78 is 26.9. The van der Waals surface area contributed by atoms with Gasteiger partial charge in [0.1, 0.15) is 4.21 Å². The van der Waals surface area contributed by atoms with E-state index in [9.17, 15) is 8.42 Å². The smallest absolute Gasteiger partial charge is 0.252 e. The fourth-order valence-corrected chi connectivity index (χ4v) is 5.13. The molecule has 0 fully saturated rings. The summed E-state index contributed by atoms with van der Waals surface area (Å²) in [6.07, 6.45) is 0.753. The summed E-state index contributed by atoms with van der Waals surface area (Å²) in [6, 6.07) is 3.60. The van der Waals surface area contributed by atoms with Gasteiger partial charge in [0.25, 0.3) is 10.0 Å². The van der Waals surface area contributed by atoms with Gasteiger partial charge in [-0.2, -0.15) is 4.31 Å². The minimum atomic E-state index is -3.36. The topological polar surface area (TPSA) is 73.8 Å². The van der Waals surface area contributed by atoms with Gasteiger partial charge in [0, 0.05) is 37.1 Å². The van der Waals surface area contributed by atoms with Crippen molar-refractivity contribution in [2.45, 2.75) is 50.8 Å². The highest BCUT2D eigenvalue weighted by atomic mass is 32.2. The Labute approximate surface area is 150 Å². The van der Waals surface area contributed by atoms with E-state index in [0.29, 0.717) is 23.8 Å². The lowest BCUT2D eigenvalue weighted by Gasteiger charge is -2.23. The molecule has 0 saturated heterocycles. The Morgan fingerprint density at radius 1 is 1.25 bits per heavy atom. The lowest BCUT2D eigenvalue weighted by atomic mass is 10.1. The minimum Gasteiger partial charge on any atom is -0.356 e. The average molecular weight is 375 g/mol. The monoisotopic (exact) mass is 374 g/mol. The SMILES string of the molecule is CCN(CC)S(=O)(=O)c1ccc(CCNC(=NC)NC(C)(C)C)s1. The van der Waals surface area contributed by atoms with Crippen molar-refractivity contribution in [2.75, 3.05) is 26.7 Å². The second-order valence-electron chi connectivity index (χ2n) is 6.43. The van der Waals surface area contributed by atoms with Gasteiger partial charge in [-0.25, -0.2) is 8.42 Å². The van der Waals surface area contributed by atoms with Crippen molar-refractivity contribution < 1.29 is 8.42 Å². The number of aliphatic imine (C=N–C) groups is 1. The van der Waals surface area contributed by atoms with Gasteiger partial charge >= 0.3 is 0 Å². The Balaban J connectivity index is 2.65. The molecule has 0 atom stereocenters. The van der Waals surface area contributed by atoms with Crippen LogP contribution in [0.3, 0.4) is 0 Å². The summed E-state index contributed by atoms with van der Waals surface area (Å²) >= 11 is 1.34. The Kier molecular flexibility index (Phi) is 7.69. The molecule has 1 rings (SSSR count). The Hall–Kier alpha value is -1.12. The van der Waals surface area contributed by atoms with E-state index in [4.69, 9.17) is 0 Å². The van der Waals surface area contributed by atoms with Crippen molar-refractivity contribution in [3.8, 4) is 0 Å². The molecule has 0 spiro atoms. The third kappa shape index (κ3) is 6.07. The molecule has 0 bridgehead atoms. The lowest BCUT2D eigenvalue weighted by Crippen LogP contribution is -2.47. The van der Waals surface area contributed by atoms with Crippen LogP contribution >= 0.6 is 11.3 Å². The normalized spacial score (nSPS) is 13.4. The standard InChI is InChI=1S/C16H30N4O2S2/c1-7-20(8-2)24(21,22)14-10-9-13(23-14)11-12-18-15(17-6)19-16(3,4)5/h9-10H,7-8,11-12H2,1-6H3,(H2,17,18,19). The summed E-state index contributed by atoms with van der Waals surface area (Å²) in [7, 11) is -1.62. The molecular formula is C16H30N4O2S2. The quantitative estimate of drug-likeness (QED) is 0.567. The zero-order valence-electron chi connectivity index (χ0n) is 15.5. The van der Waals surface area contributed by atoms with Crippen LogP contribution in [-0.4, -0.2) is 50.9 Å². The van der Waals surface area contributed by atoms with Gasteiger partial charge in [-0.1, -0.05) is 13.8 Å². The molecule has 8 heteroatoms. The molecule has 6 nitrogen and oxygen atoms in total. The van der Waals surface area contributed by atoms with Crippen LogP contribution in [0.15, 0.2) is 21.3 Å². The largest absolute Gasteiger partial charge is 0.356 e. The van der Waals surface area contributed by atoms with Gasteiger partial charge in [0.15, 0.2) is 5.96 Å². The fraction of sp³-hybridized carbons (Fsp3) is 0.688. The first-order chi connectivity index (χ1) is 11.1. The highest BCUT2D eigenvalue weighted by Gasteiger charge is 2.23. The van der Waals surface area contributed by atoms with Crippen LogP contribution in [0.25, 0.3) is 0 Å². The number of sulfonamides is 1. The molecule has 0 aliphatic carbocycles. The molecule has 0 aromatic carbocycles. The maximum atomic E-state index is 12.5. The lowest BCUT2D eigenvalue weighted by molar-refractivity contribution is 0.447. The molecule has 0 aliphatic rings. The second kappa shape index (κ2) is 8.82.